The molecule has 2 rings (SSSR count). The van der Waals surface area contributed by atoms with E-state index in [0.717, 1.165) is 36.4 Å². The van der Waals surface area contributed by atoms with E-state index in [0.29, 0.717) is 11.5 Å². The van der Waals surface area contributed by atoms with Crippen molar-refractivity contribution >= 4 is 23.0 Å². The summed E-state index contributed by atoms with van der Waals surface area (Å²) in [5.41, 5.74) is 3.20. The Morgan fingerprint density at radius 2 is 1.75 bits per heavy atom. The molecule has 0 aromatic heterocycles. The molecular formula is C19H21N3OS. The first kappa shape index (κ1) is 17.8. The molecule has 0 aliphatic rings. The molecule has 0 atom stereocenters. The molecule has 0 amide bonds. The second-order valence-corrected chi connectivity index (χ2v) is 5.77. The van der Waals surface area contributed by atoms with Gasteiger partial charge in [-0.25, -0.2) is 0 Å². The minimum absolute atomic E-state index is 0.425. The fourth-order valence-electron chi connectivity index (χ4n) is 2.26. The number of rotatable bonds is 7. The van der Waals surface area contributed by atoms with Crippen LogP contribution in [0.5, 0.6) is 5.75 Å². The van der Waals surface area contributed by atoms with Crippen molar-refractivity contribution in [2.45, 2.75) is 19.3 Å². The number of methoxy groups -OCH3 is 1. The summed E-state index contributed by atoms with van der Waals surface area (Å²) >= 11 is 5.29. The third kappa shape index (κ3) is 5.90. The van der Waals surface area contributed by atoms with E-state index in [1.165, 1.54) is 5.56 Å². The van der Waals surface area contributed by atoms with Gasteiger partial charge in [0.05, 0.1) is 19.6 Å². The second-order valence-electron chi connectivity index (χ2n) is 5.36. The summed E-state index contributed by atoms with van der Waals surface area (Å²) in [5.74, 6) is 0.878. The quantitative estimate of drug-likeness (QED) is 0.595. The molecule has 5 heteroatoms. The lowest BCUT2D eigenvalue weighted by atomic mass is 10.1. The lowest BCUT2D eigenvalue weighted by molar-refractivity contribution is 0.414. The minimum atomic E-state index is 0.425. The summed E-state index contributed by atoms with van der Waals surface area (Å²) in [6.45, 7) is 0.810. The van der Waals surface area contributed by atoms with Gasteiger partial charge in [-0.05, 0) is 60.5 Å². The zero-order chi connectivity index (χ0) is 17.2. The van der Waals surface area contributed by atoms with Gasteiger partial charge < -0.3 is 15.4 Å². The van der Waals surface area contributed by atoms with E-state index >= 15 is 0 Å². The van der Waals surface area contributed by atoms with E-state index in [9.17, 15) is 0 Å². The van der Waals surface area contributed by atoms with Crippen molar-refractivity contribution in [3.63, 3.8) is 0 Å². The summed E-state index contributed by atoms with van der Waals surface area (Å²) in [6.07, 6.45) is 2.41. The van der Waals surface area contributed by atoms with Gasteiger partial charge in [-0.15, -0.1) is 0 Å². The van der Waals surface area contributed by atoms with Crippen LogP contribution in [0.3, 0.4) is 0 Å². The van der Waals surface area contributed by atoms with Crippen molar-refractivity contribution in [3.8, 4) is 11.8 Å². The number of nitrogens with zero attached hydrogens (tertiary/aromatic N) is 1. The smallest absolute Gasteiger partial charge is 0.170 e. The molecule has 0 saturated heterocycles. The maximum atomic E-state index is 8.66. The van der Waals surface area contributed by atoms with Crippen molar-refractivity contribution < 1.29 is 4.74 Å². The van der Waals surface area contributed by atoms with Crippen LogP contribution in [0.4, 0.5) is 5.69 Å². The van der Waals surface area contributed by atoms with Gasteiger partial charge in [0.2, 0.25) is 0 Å². The van der Waals surface area contributed by atoms with E-state index in [1.54, 1.807) is 7.11 Å². The second kappa shape index (κ2) is 9.53. The molecule has 0 spiro atoms. The van der Waals surface area contributed by atoms with Crippen LogP contribution in [0.1, 0.15) is 17.5 Å². The summed E-state index contributed by atoms with van der Waals surface area (Å²) in [5, 5.41) is 15.6. The average molecular weight is 339 g/mol. The Labute approximate surface area is 148 Å². The van der Waals surface area contributed by atoms with Gasteiger partial charge in [-0.3, -0.25) is 0 Å². The number of aryl methyl sites for hydroxylation is 1. The zero-order valence-corrected chi connectivity index (χ0v) is 14.5. The monoisotopic (exact) mass is 339 g/mol. The highest BCUT2D eigenvalue weighted by molar-refractivity contribution is 7.80. The highest BCUT2D eigenvalue weighted by atomic mass is 32.1. The minimum Gasteiger partial charge on any atom is -0.497 e. The number of hydrogen-bond acceptors (Lipinski definition) is 3. The third-order valence-electron chi connectivity index (χ3n) is 3.58. The molecule has 0 radical (unpaired) electrons. The van der Waals surface area contributed by atoms with Crippen LogP contribution in [-0.2, 0) is 12.8 Å². The van der Waals surface area contributed by atoms with Crippen LogP contribution >= 0.6 is 12.2 Å². The zero-order valence-electron chi connectivity index (χ0n) is 13.7. The van der Waals surface area contributed by atoms with E-state index in [-0.39, 0.29) is 0 Å². The molecule has 0 aliphatic carbocycles. The summed E-state index contributed by atoms with van der Waals surface area (Å²) in [6, 6.07) is 18.0. The van der Waals surface area contributed by atoms with Gasteiger partial charge >= 0.3 is 0 Å². The van der Waals surface area contributed by atoms with Gasteiger partial charge in [0.25, 0.3) is 0 Å². The predicted molar refractivity (Wildman–Crippen MR) is 101 cm³/mol. The first-order chi connectivity index (χ1) is 11.7. The van der Waals surface area contributed by atoms with Gasteiger partial charge in [-0.1, -0.05) is 24.3 Å². The number of ether oxygens (including phenoxy) is 1. The molecule has 2 N–H and O–H groups in total. The number of nitriles is 1. The molecule has 0 heterocycles. The Morgan fingerprint density at radius 3 is 2.38 bits per heavy atom. The lowest BCUT2D eigenvalue weighted by Gasteiger charge is -2.11. The molecule has 24 heavy (non-hydrogen) atoms. The molecule has 0 bridgehead atoms. The SMILES string of the molecule is COc1ccc(CCCNC(=S)Nc2ccc(CC#N)cc2)cc1. The molecular weight excluding hydrogens is 318 g/mol. The van der Waals surface area contributed by atoms with Crippen LogP contribution in [0, 0.1) is 11.3 Å². The third-order valence-corrected chi connectivity index (χ3v) is 3.83. The first-order valence-electron chi connectivity index (χ1n) is 7.85. The highest BCUT2D eigenvalue weighted by Gasteiger charge is 1.99. The molecule has 0 aliphatic heterocycles. The van der Waals surface area contributed by atoms with Gasteiger partial charge in [0, 0.05) is 12.2 Å². The Kier molecular flexibility index (Phi) is 7.06. The fraction of sp³-hybridized carbons (Fsp3) is 0.263. The number of benzene rings is 2. The number of nitrogens with one attached hydrogen (secondary N) is 2. The number of hydrogen-bond donors (Lipinski definition) is 2. The van der Waals surface area contributed by atoms with Crippen LogP contribution < -0.4 is 15.4 Å². The van der Waals surface area contributed by atoms with Crippen molar-refractivity contribution in [1.82, 2.24) is 5.32 Å². The molecule has 0 saturated carbocycles. The van der Waals surface area contributed by atoms with E-state index in [4.69, 9.17) is 22.2 Å². The first-order valence-corrected chi connectivity index (χ1v) is 8.26. The molecule has 2 aromatic rings. The standard InChI is InChI=1S/C19H21N3OS/c1-23-18-10-6-15(7-11-18)3-2-14-21-19(24)22-17-8-4-16(5-9-17)12-13-20/h4-11H,2-3,12,14H2,1H3,(H2,21,22,24). The summed E-state index contributed by atoms with van der Waals surface area (Å²) in [4.78, 5) is 0. The van der Waals surface area contributed by atoms with Gasteiger partial charge in [0.15, 0.2) is 5.11 Å². The van der Waals surface area contributed by atoms with Crippen molar-refractivity contribution in [2.24, 2.45) is 0 Å². The van der Waals surface area contributed by atoms with E-state index in [1.807, 2.05) is 36.4 Å². The Balaban J connectivity index is 1.68. The lowest BCUT2D eigenvalue weighted by Crippen LogP contribution is -2.29. The fourth-order valence-corrected chi connectivity index (χ4v) is 2.48. The largest absolute Gasteiger partial charge is 0.497 e. The Morgan fingerprint density at radius 1 is 1.08 bits per heavy atom. The van der Waals surface area contributed by atoms with Crippen LogP contribution in [0.2, 0.25) is 0 Å². The highest BCUT2D eigenvalue weighted by Crippen LogP contribution is 2.12. The maximum Gasteiger partial charge on any atom is 0.170 e. The van der Waals surface area contributed by atoms with Crippen LogP contribution in [0.15, 0.2) is 48.5 Å². The average Bonchev–Trinajstić information content (AvgIpc) is 2.61. The molecule has 2 aromatic carbocycles. The van der Waals surface area contributed by atoms with Crippen LogP contribution in [-0.4, -0.2) is 18.8 Å². The molecule has 0 fully saturated rings. The summed E-state index contributed by atoms with van der Waals surface area (Å²) in [7, 11) is 1.67. The predicted octanol–water partition coefficient (Wildman–Crippen LogP) is 3.68. The Bertz CT molecular complexity index is 690. The topological polar surface area (TPSA) is 57.1 Å². The van der Waals surface area contributed by atoms with Gasteiger partial charge in [-0.2, -0.15) is 5.26 Å². The van der Waals surface area contributed by atoms with E-state index in [2.05, 4.69) is 28.8 Å². The summed E-state index contributed by atoms with van der Waals surface area (Å²) < 4.78 is 5.15. The van der Waals surface area contributed by atoms with Gasteiger partial charge in [0.1, 0.15) is 5.75 Å². The maximum absolute atomic E-state index is 8.66. The van der Waals surface area contributed by atoms with Crippen LogP contribution in [0.25, 0.3) is 0 Å². The number of anilines is 1. The van der Waals surface area contributed by atoms with Crippen molar-refractivity contribution in [2.75, 3.05) is 19.0 Å². The normalized spacial score (nSPS) is 9.83. The van der Waals surface area contributed by atoms with E-state index < -0.39 is 0 Å². The molecule has 124 valence electrons. The number of thiocarbonyl (C=S) groups is 1. The Hall–Kier alpha value is -2.58. The van der Waals surface area contributed by atoms with Crippen molar-refractivity contribution in [1.29, 1.82) is 5.26 Å². The van der Waals surface area contributed by atoms with Crippen molar-refractivity contribution in [3.05, 3.63) is 59.7 Å². The molecule has 4 nitrogen and oxygen atoms in total. The molecule has 0 unspecified atom stereocenters.